The minimum absolute atomic E-state index is 0.155. The molecule has 3 aromatic rings. The van der Waals surface area contributed by atoms with Crippen LogP contribution in [0.3, 0.4) is 0 Å². The number of nitrogens with zero attached hydrogens (tertiary/aromatic N) is 1. The second kappa shape index (κ2) is 13.5. The summed E-state index contributed by atoms with van der Waals surface area (Å²) in [5.41, 5.74) is 6.32. The average molecular weight is 548 g/mol. The molecule has 0 saturated heterocycles. The highest BCUT2D eigenvalue weighted by atomic mass is 19.4. The Hall–Kier alpha value is -3.79. The summed E-state index contributed by atoms with van der Waals surface area (Å²) in [5.74, 6) is 5.43. The number of allylic oxidation sites excluding steroid dienone is 1. The summed E-state index contributed by atoms with van der Waals surface area (Å²) in [7, 11) is 0. The molecule has 1 aliphatic carbocycles. The third kappa shape index (κ3) is 8.35. The largest absolute Gasteiger partial charge is 0.391 e. The molecule has 1 amide bonds. The maximum atomic E-state index is 13.1. The molecule has 0 atom stereocenters. The highest BCUT2D eigenvalue weighted by Crippen LogP contribution is 2.40. The normalized spacial score (nSPS) is 17.1. The van der Waals surface area contributed by atoms with Gasteiger partial charge in [0, 0.05) is 29.4 Å². The number of aromatic nitrogens is 2. The third-order valence-electron chi connectivity index (χ3n) is 7.71. The van der Waals surface area contributed by atoms with Gasteiger partial charge in [0.25, 0.3) is 5.91 Å². The molecule has 7 heteroatoms. The number of hydrogen-bond donors (Lipinski definition) is 2. The fourth-order valence-electron chi connectivity index (χ4n) is 5.18. The number of carbonyl (C=O) groups is 1. The molecule has 0 unspecified atom stereocenters. The molecule has 1 fully saturated rings. The lowest BCUT2D eigenvalue weighted by Crippen LogP contribution is -2.27. The second-order valence-corrected chi connectivity index (χ2v) is 10.7. The third-order valence-corrected chi connectivity index (χ3v) is 7.71. The van der Waals surface area contributed by atoms with Crippen molar-refractivity contribution >= 4 is 11.5 Å². The summed E-state index contributed by atoms with van der Waals surface area (Å²) in [4.78, 5) is 12.9. The van der Waals surface area contributed by atoms with E-state index in [9.17, 15) is 18.0 Å². The summed E-state index contributed by atoms with van der Waals surface area (Å²) in [5, 5.41) is 9.70. The van der Waals surface area contributed by atoms with Gasteiger partial charge in [-0.2, -0.15) is 18.3 Å². The van der Waals surface area contributed by atoms with E-state index >= 15 is 0 Å². The molecule has 210 valence electrons. The Morgan fingerprint density at radius 2 is 1.77 bits per heavy atom. The van der Waals surface area contributed by atoms with Gasteiger partial charge in [0.05, 0.1) is 12.1 Å². The minimum Gasteiger partial charge on any atom is -0.352 e. The standard InChI is InChI=1S/C33H36F3N3O/c1-23(2)27-11-5-24(6-12-27)8-14-29-20-30(32(40)37-19-3-4-26-21-38-39-22-26)16-15-28(29)13-7-25-9-17-31(18-10-25)33(34,35)36/h5-6,11-12,15-16,20-22,25,31H,1,3-4,7,9-10,13,17-19H2,2H3,(H,37,40)(H,38,39). The zero-order valence-electron chi connectivity index (χ0n) is 22.9. The van der Waals surface area contributed by atoms with Crippen LogP contribution in [0.4, 0.5) is 13.2 Å². The predicted octanol–water partition coefficient (Wildman–Crippen LogP) is 7.51. The number of benzene rings is 2. The molecule has 2 N–H and O–H groups in total. The number of alkyl halides is 3. The number of aromatic amines is 1. The van der Waals surface area contributed by atoms with Crippen molar-refractivity contribution < 1.29 is 18.0 Å². The van der Waals surface area contributed by atoms with Gasteiger partial charge in [0.2, 0.25) is 0 Å². The first kappa shape index (κ1) is 29.2. The summed E-state index contributed by atoms with van der Waals surface area (Å²) < 4.78 is 39.2. The summed E-state index contributed by atoms with van der Waals surface area (Å²) >= 11 is 0. The Morgan fingerprint density at radius 1 is 1.05 bits per heavy atom. The van der Waals surface area contributed by atoms with Crippen LogP contribution in [-0.4, -0.2) is 28.8 Å². The first-order chi connectivity index (χ1) is 19.2. The Kier molecular flexibility index (Phi) is 9.87. The lowest BCUT2D eigenvalue weighted by molar-refractivity contribution is -0.184. The Balaban J connectivity index is 1.44. The molecule has 40 heavy (non-hydrogen) atoms. The molecule has 1 heterocycles. The number of amides is 1. The van der Waals surface area contributed by atoms with Gasteiger partial charge >= 0.3 is 6.18 Å². The van der Waals surface area contributed by atoms with Crippen LogP contribution in [0.2, 0.25) is 0 Å². The van der Waals surface area contributed by atoms with Crippen molar-refractivity contribution in [2.75, 3.05) is 6.54 Å². The Bertz CT molecular complexity index is 1340. The lowest BCUT2D eigenvalue weighted by Gasteiger charge is -2.29. The molecule has 0 radical (unpaired) electrons. The van der Waals surface area contributed by atoms with Gasteiger partial charge in [0.1, 0.15) is 0 Å². The minimum atomic E-state index is -4.09. The van der Waals surface area contributed by atoms with Gasteiger partial charge in [0.15, 0.2) is 0 Å². The van der Waals surface area contributed by atoms with Gasteiger partial charge in [-0.3, -0.25) is 9.89 Å². The lowest BCUT2D eigenvalue weighted by atomic mass is 9.79. The van der Waals surface area contributed by atoms with Crippen LogP contribution < -0.4 is 5.32 Å². The van der Waals surface area contributed by atoms with E-state index in [1.165, 1.54) is 0 Å². The maximum absolute atomic E-state index is 13.1. The second-order valence-electron chi connectivity index (χ2n) is 10.7. The SMILES string of the molecule is C=C(C)c1ccc(C#Cc2cc(C(=O)NCCCc3cn[nH]c3)ccc2CCC2CCC(C(F)(F)F)CC2)cc1. The molecule has 1 saturated carbocycles. The fourth-order valence-corrected chi connectivity index (χ4v) is 5.18. The zero-order chi connectivity index (χ0) is 28.5. The van der Waals surface area contributed by atoms with Crippen molar-refractivity contribution in [2.45, 2.75) is 64.5 Å². The van der Waals surface area contributed by atoms with Crippen molar-refractivity contribution in [3.63, 3.8) is 0 Å². The van der Waals surface area contributed by atoms with Crippen LogP contribution in [0.25, 0.3) is 5.57 Å². The molecular formula is C33H36F3N3O. The first-order valence-corrected chi connectivity index (χ1v) is 13.9. The number of aryl methyl sites for hydroxylation is 2. The van der Waals surface area contributed by atoms with E-state index in [1.807, 2.05) is 55.6 Å². The molecule has 1 aromatic heterocycles. The zero-order valence-corrected chi connectivity index (χ0v) is 22.9. The van der Waals surface area contributed by atoms with Gasteiger partial charge < -0.3 is 5.32 Å². The van der Waals surface area contributed by atoms with Crippen LogP contribution in [0.5, 0.6) is 0 Å². The fraction of sp³-hybridized carbons (Fsp3) is 0.394. The molecule has 1 aliphatic rings. The van der Waals surface area contributed by atoms with Crippen molar-refractivity contribution in [2.24, 2.45) is 11.8 Å². The van der Waals surface area contributed by atoms with E-state index in [1.54, 1.807) is 6.20 Å². The van der Waals surface area contributed by atoms with Crippen molar-refractivity contribution in [1.82, 2.24) is 15.5 Å². The van der Waals surface area contributed by atoms with Gasteiger partial charge in [-0.15, -0.1) is 0 Å². The van der Waals surface area contributed by atoms with Gasteiger partial charge in [-0.25, -0.2) is 0 Å². The van der Waals surface area contributed by atoms with Crippen molar-refractivity contribution in [3.05, 3.63) is 94.8 Å². The number of rotatable bonds is 9. The highest BCUT2D eigenvalue weighted by molar-refractivity contribution is 5.94. The molecule has 0 spiro atoms. The molecule has 4 rings (SSSR count). The summed E-state index contributed by atoms with van der Waals surface area (Å²) in [6.45, 7) is 6.47. The quantitative estimate of drug-likeness (QED) is 0.215. The predicted molar refractivity (Wildman–Crippen MR) is 153 cm³/mol. The maximum Gasteiger partial charge on any atom is 0.391 e. The summed E-state index contributed by atoms with van der Waals surface area (Å²) in [6, 6.07) is 13.5. The van der Waals surface area contributed by atoms with Crippen LogP contribution in [0.15, 0.2) is 61.4 Å². The Morgan fingerprint density at radius 3 is 2.42 bits per heavy atom. The van der Waals surface area contributed by atoms with Gasteiger partial charge in [-0.05, 0) is 105 Å². The van der Waals surface area contributed by atoms with E-state index < -0.39 is 12.1 Å². The van der Waals surface area contributed by atoms with Crippen LogP contribution in [0.1, 0.15) is 83.6 Å². The number of hydrogen-bond acceptors (Lipinski definition) is 2. The van der Waals surface area contributed by atoms with Crippen LogP contribution in [0, 0.1) is 23.7 Å². The smallest absolute Gasteiger partial charge is 0.352 e. The van der Waals surface area contributed by atoms with E-state index in [4.69, 9.17) is 0 Å². The Labute approximate surface area is 234 Å². The van der Waals surface area contributed by atoms with E-state index in [0.717, 1.165) is 52.7 Å². The average Bonchev–Trinajstić information content (AvgIpc) is 3.47. The summed E-state index contributed by atoms with van der Waals surface area (Å²) in [6.07, 6.45) is 4.29. The number of H-pyrrole nitrogens is 1. The van der Waals surface area contributed by atoms with Gasteiger partial charge in [-0.1, -0.05) is 42.2 Å². The number of halogens is 3. The van der Waals surface area contributed by atoms with Crippen LogP contribution in [-0.2, 0) is 12.8 Å². The van der Waals surface area contributed by atoms with E-state index in [0.29, 0.717) is 31.4 Å². The first-order valence-electron chi connectivity index (χ1n) is 13.9. The molecule has 2 aromatic carbocycles. The molecule has 0 bridgehead atoms. The molecular weight excluding hydrogens is 511 g/mol. The highest BCUT2D eigenvalue weighted by Gasteiger charge is 2.41. The monoisotopic (exact) mass is 547 g/mol. The topological polar surface area (TPSA) is 57.8 Å². The van der Waals surface area contributed by atoms with Crippen LogP contribution >= 0.6 is 0 Å². The molecule has 4 nitrogen and oxygen atoms in total. The van der Waals surface area contributed by atoms with E-state index in [-0.39, 0.29) is 24.7 Å². The van der Waals surface area contributed by atoms with Crippen molar-refractivity contribution in [3.8, 4) is 11.8 Å². The number of carbonyl (C=O) groups excluding carboxylic acids is 1. The van der Waals surface area contributed by atoms with E-state index in [2.05, 4.69) is 33.9 Å². The molecule has 0 aliphatic heterocycles. The number of nitrogens with one attached hydrogen (secondary N) is 2. The van der Waals surface area contributed by atoms with Crippen molar-refractivity contribution in [1.29, 1.82) is 0 Å².